The predicted octanol–water partition coefficient (Wildman–Crippen LogP) is 1.05. The molecule has 0 fully saturated rings. The summed E-state index contributed by atoms with van der Waals surface area (Å²) in [7, 11) is 0. The van der Waals surface area contributed by atoms with Gasteiger partial charge in [-0.05, 0) is 12.8 Å². The summed E-state index contributed by atoms with van der Waals surface area (Å²) in [6, 6.07) is 0. The average Bonchev–Trinajstić information content (AvgIpc) is 2.22. The van der Waals surface area contributed by atoms with Crippen molar-refractivity contribution in [2.75, 3.05) is 6.54 Å². The predicted molar refractivity (Wildman–Crippen MR) is 63.8 cm³/mol. The molecule has 0 aliphatic heterocycles. The molecule has 1 unspecified atom stereocenters. The highest BCUT2D eigenvalue weighted by Gasteiger charge is 2.03. The molecule has 0 rings (SSSR count). The van der Waals surface area contributed by atoms with E-state index in [1.807, 2.05) is 0 Å². The fraction of sp³-hybridized carbons (Fsp3) is 0.556. The number of carboxylic acid groups (broad SMARTS) is 1. The Bertz CT molecular complexity index is 331. The minimum absolute atomic E-state index is 0.114. The van der Waals surface area contributed by atoms with Crippen LogP contribution in [0.2, 0.25) is 0 Å². The number of nitrogens with one attached hydrogen (secondary N) is 1. The Hall–Kier alpha value is -0.920. The maximum absolute atomic E-state index is 11.1. The van der Waals surface area contributed by atoms with E-state index < -0.39 is 27.3 Å². The smallest absolute Gasteiger partial charge is 0.303 e. The van der Waals surface area contributed by atoms with Crippen molar-refractivity contribution in [2.24, 2.45) is 0 Å². The van der Waals surface area contributed by atoms with E-state index in [-0.39, 0.29) is 6.42 Å². The van der Waals surface area contributed by atoms with Gasteiger partial charge in [0.1, 0.15) is 4.36 Å². The molecule has 0 heterocycles. The molecule has 0 aromatic carbocycles. The lowest BCUT2D eigenvalue weighted by atomic mass is 10.2. The highest BCUT2D eigenvalue weighted by atomic mass is 35.5. The van der Waals surface area contributed by atoms with Gasteiger partial charge in [0.05, 0.1) is 0 Å². The average molecular weight is 284 g/mol. The van der Waals surface area contributed by atoms with E-state index >= 15 is 0 Å². The number of hydrogen-bond donors (Lipinski definition) is 3. The van der Waals surface area contributed by atoms with Gasteiger partial charge in [0.2, 0.25) is 5.91 Å². The van der Waals surface area contributed by atoms with Gasteiger partial charge >= 0.3 is 5.97 Å². The van der Waals surface area contributed by atoms with Crippen molar-refractivity contribution in [2.45, 2.75) is 25.7 Å². The van der Waals surface area contributed by atoms with E-state index in [0.29, 0.717) is 25.8 Å². The largest absolute Gasteiger partial charge is 0.481 e. The topological polar surface area (TPSA) is 104 Å². The highest BCUT2D eigenvalue weighted by molar-refractivity contribution is 7.85. The SMILES string of the molecule is O=C(O)CCCCCNC(=O)/C=C(/Cl)S(=O)O. The van der Waals surface area contributed by atoms with Crippen molar-refractivity contribution in [3.63, 3.8) is 0 Å². The van der Waals surface area contributed by atoms with E-state index in [4.69, 9.17) is 21.3 Å². The van der Waals surface area contributed by atoms with Crippen molar-refractivity contribution in [1.29, 1.82) is 0 Å². The van der Waals surface area contributed by atoms with E-state index in [1.54, 1.807) is 0 Å². The lowest BCUT2D eigenvalue weighted by Gasteiger charge is -2.01. The maximum atomic E-state index is 11.1. The number of rotatable bonds is 8. The lowest BCUT2D eigenvalue weighted by Crippen LogP contribution is -2.22. The van der Waals surface area contributed by atoms with Gasteiger partial charge in [0.25, 0.3) is 0 Å². The first-order valence-corrected chi connectivity index (χ1v) is 6.39. The van der Waals surface area contributed by atoms with Crippen LogP contribution in [-0.4, -0.2) is 32.3 Å². The summed E-state index contributed by atoms with van der Waals surface area (Å²) in [4.78, 5) is 21.3. The third kappa shape index (κ3) is 9.98. The number of amides is 1. The number of carbonyl (C=O) groups excluding carboxylic acids is 1. The molecule has 1 atom stereocenters. The van der Waals surface area contributed by atoms with Gasteiger partial charge in [-0.1, -0.05) is 18.0 Å². The molecule has 0 aromatic rings. The molecule has 0 spiro atoms. The fourth-order valence-corrected chi connectivity index (χ4v) is 1.30. The maximum Gasteiger partial charge on any atom is 0.303 e. The minimum Gasteiger partial charge on any atom is -0.481 e. The van der Waals surface area contributed by atoms with E-state index in [9.17, 15) is 13.8 Å². The van der Waals surface area contributed by atoms with Crippen LogP contribution in [0, 0.1) is 0 Å². The summed E-state index contributed by atoms with van der Waals surface area (Å²) in [5.41, 5.74) is 0. The van der Waals surface area contributed by atoms with Crippen molar-refractivity contribution in [1.82, 2.24) is 5.32 Å². The second-order valence-electron chi connectivity index (χ2n) is 3.19. The summed E-state index contributed by atoms with van der Waals surface area (Å²) in [6.07, 6.45) is 2.85. The van der Waals surface area contributed by atoms with Crippen LogP contribution in [0.15, 0.2) is 10.4 Å². The normalized spacial score (nSPS) is 13.2. The Labute approximate surface area is 106 Å². The monoisotopic (exact) mass is 283 g/mol. The van der Waals surface area contributed by atoms with Crippen LogP contribution in [0.5, 0.6) is 0 Å². The van der Waals surface area contributed by atoms with Crippen molar-refractivity contribution >= 4 is 34.6 Å². The molecular formula is C9H14ClNO5S. The van der Waals surface area contributed by atoms with Gasteiger partial charge in [-0.3, -0.25) is 9.59 Å². The first-order chi connectivity index (χ1) is 7.93. The summed E-state index contributed by atoms with van der Waals surface area (Å²) in [6.45, 7) is 0.372. The van der Waals surface area contributed by atoms with E-state index in [0.717, 1.165) is 6.08 Å². The van der Waals surface area contributed by atoms with Crippen LogP contribution in [-0.2, 0) is 20.7 Å². The third-order valence-corrected chi connectivity index (χ3v) is 2.73. The highest BCUT2D eigenvalue weighted by Crippen LogP contribution is 2.04. The molecule has 0 bridgehead atoms. The molecule has 0 aliphatic carbocycles. The number of unbranched alkanes of at least 4 members (excludes halogenated alkanes) is 2. The molecule has 8 heteroatoms. The molecule has 0 saturated heterocycles. The van der Waals surface area contributed by atoms with Crippen molar-refractivity contribution < 1.29 is 23.5 Å². The number of aliphatic carboxylic acids is 1. The molecule has 0 aromatic heterocycles. The number of hydrogen-bond acceptors (Lipinski definition) is 3. The Morgan fingerprint density at radius 1 is 1.29 bits per heavy atom. The molecule has 0 aliphatic rings. The fourth-order valence-electron chi connectivity index (χ4n) is 0.994. The first kappa shape index (κ1) is 16.1. The second kappa shape index (κ2) is 9.15. The Kier molecular flexibility index (Phi) is 8.65. The van der Waals surface area contributed by atoms with Crippen LogP contribution in [0.25, 0.3) is 0 Å². The molecule has 1 amide bonds. The van der Waals surface area contributed by atoms with Gasteiger partial charge in [0, 0.05) is 19.0 Å². The second-order valence-corrected chi connectivity index (χ2v) is 4.76. The molecule has 3 N–H and O–H groups in total. The van der Waals surface area contributed by atoms with Gasteiger partial charge in [0.15, 0.2) is 11.1 Å². The Morgan fingerprint density at radius 3 is 2.47 bits per heavy atom. The molecule has 0 saturated carbocycles. The quantitative estimate of drug-likeness (QED) is 0.351. The first-order valence-electron chi connectivity index (χ1n) is 4.91. The number of carboxylic acids is 1. The van der Waals surface area contributed by atoms with Crippen molar-refractivity contribution in [3.05, 3.63) is 10.4 Å². The van der Waals surface area contributed by atoms with Crippen LogP contribution >= 0.6 is 11.6 Å². The van der Waals surface area contributed by atoms with E-state index in [1.165, 1.54) is 0 Å². The van der Waals surface area contributed by atoms with Crippen LogP contribution in [0.3, 0.4) is 0 Å². The van der Waals surface area contributed by atoms with E-state index in [2.05, 4.69) is 5.32 Å². The van der Waals surface area contributed by atoms with Gasteiger partial charge in [-0.25, -0.2) is 4.21 Å². The van der Waals surface area contributed by atoms with Crippen LogP contribution in [0.1, 0.15) is 25.7 Å². The third-order valence-electron chi connectivity index (χ3n) is 1.78. The number of halogens is 1. The summed E-state index contributed by atoms with van der Waals surface area (Å²) < 4.78 is 18.5. The zero-order valence-electron chi connectivity index (χ0n) is 9.02. The molecule has 17 heavy (non-hydrogen) atoms. The Balaban J connectivity index is 3.62. The molecular weight excluding hydrogens is 270 g/mol. The van der Waals surface area contributed by atoms with Gasteiger partial charge in [-0.15, -0.1) is 0 Å². The zero-order valence-corrected chi connectivity index (χ0v) is 10.6. The molecule has 98 valence electrons. The van der Waals surface area contributed by atoms with Gasteiger partial charge < -0.3 is 15.0 Å². The van der Waals surface area contributed by atoms with Crippen molar-refractivity contribution in [3.8, 4) is 0 Å². The lowest BCUT2D eigenvalue weighted by molar-refractivity contribution is -0.137. The molecule has 0 radical (unpaired) electrons. The zero-order chi connectivity index (χ0) is 13.3. The summed E-state index contributed by atoms with van der Waals surface area (Å²) in [5.74, 6) is -1.38. The van der Waals surface area contributed by atoms with Crippen LogP contribution < -0.4 is 5.32 Å². The summed E-state index contributed by atoms with van der Waals surface area (Å²) >= 11 is 2.95. The van der Waals surface area contributed by atoms with Crippen LogP contribution in [0.4, 0.5) is 0 Å². The van der Waals surface area contributed by atoms with Gasteiger partial charge in [-0.2, -0.15) is 0 Å². The number of carbonyl (C=O) groups is 2. The summed E-state index contributed by atoms with van der Waals surface area (Å²) in [5, 5.41) is 10.8. The standard InChI is InChI=1S/C9H14ClNO5S/c10-7(17(15)16)6-8(12)11-5-3-1-2-4-9(13)14/h6H,1-5H2,(H,11,12)(H,13,14)(H,15,16)/b7-6-. The Morgan fingerprint density at radius 2 is 1.94 bits per heavy atom. The molecule has 6 nitrogen and oxygen atoms in total. The minimum atomic E-state index is -2.35.